The molecule has 0 N–H and O–H groups in total. The molecule has 2 heteroatoms. The minimum absolute atomic E-state index is 0.929. The number of rotatable bonds is 2. The molecular formula is C38H22OS. The third-order valence-electron chi connectivity index (χ3n) is 8.25. The average molecular weight is 527 g/mol. The van der Waals surface area contributed by atoms with Crippen LogP contribution in [0, 0.1) is 0 Å². The highest BCUT2D eigenvalue weighted by molar-refractivity contribution is 7.26. The zero-order valence-corrected chi connectivity index (χ0v) is 22.3. The Kier molecular flexibility index (Phi) is 4.55. The minimum Gasteiger partial charge on any atom is -0.455 e. The Bertz CT molecular complexity index is 2370. The second-order valence-corrected chi connectivity index (χ2v) is 11.5. The third kappa shape index (κ3) is 2.97. The molecule has 9 rings (SSSR count). The molecule has 2 aromatic heterocycles. The van der Waals surface area contributed by atoms with Gasteiger partial charge in [-0.15, -0.1) is 11.3 Å². The van der Waals surface area contributed by atoms with Crippen molar-refractivity contribution in [1.82, 2.24) is 0 Å². The standard InChI is InChI=1S/C38H22OS/c1-2-12-23(13-3-1)34-25-15-4-6-17-27(25)35(28-18-7-5-16-26(28)34)31-22-30-24-14-9-11-21-33(24)40-38(30)36-29-19-8-10-20-32(29)39-37(31)36/h1-22H. The van der Waals surface area contributed by atoms with Gasteiger partial charge in [-0.1, -0.05) is 115 Å². The lowest BCUT2D eigenvalue weighted by atomic mass is 9.85. The maximum Gasteiger partial charge on any atom is 0.144 e. The number of hydrogen-bond acceptors (Lipinski definition) is 2. The molecule has 0 radical (unpaired) electrons. The van der Waals surface area contributed by atoms with Crippen molar-refractivity contribution in [3.63, 3.8) is 0 Å². The van der Waals surface area contributed by atoms with Gasteiger partial charge in [0.05, 0.1) is 0 Å². The number of thiophene rings is 1. The second-order valence-electron chi connectivity index (χ2n) is 10.4. The van der Waals surface area contributed by atoms with Crippen molar-refractivity contribution in [1.29, 1.82) is 0 Å². The molecule has 0 aliphatic heterocycles. The van der Waals surface area contributed by atoms with Gasteiger partial charge >= 0.3 is 0 Å². The molecule has 0 saturated heterocycles. The summed E-state index contributed by atoms with van der Waals surface area (Å²) in [5.41, 5.74) is 6.77. The van der Waals surface area contributed by atoms with Gasteiger partial charge in [-0.25, -0.2) is 0 Å². The van der Waals surface area contributed by atoms with E-state index < -0.39 is 0 Å². The Morgan fingerprint density at radius 3 is 1.70 bits per heavy atom. The fraction of sp³-hybridized carbons (Fsp3) is 0. The summed E-state index contributed by atoms with van der Waals surface area (Å²) in [6.45, 7) is 0. The van der Waals surface area contributed by atoms with E-state index in [2.05, 4.69) is 133 Å². The molecule has 0 aliphatic carbocycles. The first kappa shape index (κ1) is 22.0. The van der Waals surface area contributed by atoms with E-state index in [-0.39, 0.29) is 0 Å². The van der Waals surface area contributed by atoms with Crippen LogP contribution in [0.5, 0.6) is 0 Å². The molecule has 0 aliphatic rings. The summed E-state index contributed by atoms with van der Waals surface area (Å²) in [7, 11) is 0. The van der Waals surface area contributed by atoms with Crippen molar-refractivity contribution in [3.05, 3.63) is 133 Å². The van der Waals surface area contributed by atoms with Crippen molar-refractivity contribution in [2.45, 2.75) is 0 Å². The van der Waals surface area contributed by atoms with Gasteiger partial charge in [0.1, 0.15) is 11.2 Å². The first-order valence-corrected chi connectivity index (χ1v) is 14.4. The third-order valence-corrected chi connectivity index (χ3v) is 9.46. The van der Waals surface area contributed by atoms with E-state index in [4.69, 9.17) is 4.42 Å². The lowest BCUT2D eigenvalue weighted by molar-refractivity contribution is 0.670. The van der Waals surface area contributed by atoms with Gasteiger partial charge in [-0.05, 0) is 50.9 Å². The molecule has 2 heterocycles. The lowest BCUT2D eigenvalue weighted by Crippen LogP contribution is -1.91. The van der Waals surface area contributed by atoms with E-state index >= 15 is 0 Å². The van der Waals surface area contributed by atoms with Crippen LogP contribution in [0.25, 0.3) is 85.9 Å². The van der Waals surface area contributed by atoms with Gasteiger partial charge in [0.15, 0.2) is 0 Å². The molecule has 1 nitrogen and oxygen atoms in total. The van der Waals surface area contributed by atoms with Crippen LogP contribution in [0.15, 0.2) is 138 Å². The van der Waals surface area contributed by atoms with Crippen molar-refractivity contribution in [2.24, 2.45) is 0 Å². The van der Waals surface area contributed by atoms with Crippen LogP contribution in [-0.2, 0) is 0 Å². The topological polar surface area (TPSA) is 13.1 Å². The van der Waals surface area contributed by atoms with E-state index in [1.54, 1.807) is 0 Å². The summed E-state index contributed by atoms with van der Waals surface area (Å²) in [6.07, 6.45) is 0. The summed E-state index contributed by atoms with van der Waals surface area (Å²) in [5.74, 6) is 0. The zero-order valence-electron chi connectivity index (χ0n) is 21.5. The highest BCUT2D eigenvalue weighted by atomic mass is 32.1. The average Bonchev–Trinajstić information content (AvgIpc) is 3.59. The van der Waals surface area contributed by atoms with Crippen LogP contribution in [0.2, 0.25) is 0 Å². The van der Waals surface area contributed by atoms with E-state index in [1.165, 1.54) is 69.2 Å². The molecule has 0 bridgehead atoms. The van der Waals surface area contributed by atoms with Gasteiger partial charge in [-0.3, -0.25) is 0 Å². The molecule has 7 aromatic carbocycles. The van der Waals surface area contributed by atoms with Crippen LogP contribution in [0.3, 0.4) is 0 Å². The van der Waals surface area contributed by atoms with Crippen LogP contribution in [0.4, 0.5) is 0 Å². The van der Waals surface area contributed by atoms with Crippen molar-refractivity contribution < 1.29 is 4.42 Å². The highest BCUT2D eigenvalue weighted by Gasteiger charge is 2.23. The highest BCUT2D eigenvalue weighted by Crippen LogP contribution is 2.50. The number of benzene rings is 7. The molecule has 0 fully saturated rings. The predicted octanol–water partition coefficient (Wildman–Crippen LogP) is 11.6. The Morgan fingerprint density at radius 2 is 1.00 bits per heavy atom. The Labute approximate surface area is 234 Å². The molecular weight excluding hydrogens is 504 g/mol. The quantitative estimate of drug-likeness (QED) is 0.204. The summed E-state index contributed by atoms with van der Waals surface area (Å²) >= 11 is 1.86. The number of fused-ring (bicyclic) bond motifs is 9. The van der Waals surface area contributed by atoms with Gasteiger partial charge < -0.3 is 4.42 Å². The van der Waals surface area contributed by atoms with Crippen molar-refractivity contribution in [2.75, 3.05) is 0 Å². The molecule has 186 valence electrons. The largest absolute Gasteiger partial charge is 0.455 e. The predicted molar refractivity (Wildman–Crippen MR) is 172 cm³/mol. The molecule has 40 heavy (non-hydrogen) atoms. The Morgan fingerprint density at radius 1 is 0.450 bits per heavy atom. The summed E-state index contributed by atoms with van der Waals surface area (Å²) < 4.78 is 9.35. The Balaban J connectivity index is 1.54. The molecule has 0 amide bonds. The van der Waals surface area contributed by atoms with Gasteiger partial charge in [0.2, 0.25) is 0 Å². The summed E-state index contributed by atoms with van der Waals surface area (Å²) in [4.78, 5) is 0. The fourth-order valence-corrected chi connectivity index (χ4v) is 7.82. The molecule has 9 aromatic rings. The first-order chi connectivity index (χ1) is 19.9. The van der Waals surface area contributed by atoms with E-state index in [0.29, 0.717) is 0 Å². The van der Waals surface area contributed by atoms with Gasteiger partial charge in [-0.2, -0.15) is 0 Å². The lowest BCUT2D eigenvalue weighted by Gasteiger charge is -2.18. The minimum atomic E-state index is 0.929. The van der Waals surface area contributed by atoms with Crippen LogP contribution >= 0.6 is 11.3 Å². The van der Waals surface area contributed by atoms with Crippen LogP contribution in [0.1, 0.15) is 0 Å². The van der Waals surface area contributed by atoms with Gasteiger partial charge in [0.25, 0.3) is 0 Å². The molecule has 0 unspecified atom stereocenters. The van der Waals surface area contributed by atoms with E-state index in [1.807, 2.05) is 11.3 Å². The molecule has 0 spiro atoms. The first-order valence-electron chi connectivity index (χ1n) is 13.6. The van der Waals surface area contributed by atoms with E-state index in [9.17, 15) is 0 Å². The summed E-state index contributed by atoms with van der Waals surface area (Å²) in [5, 5.41) is 9.95. The van der Waals surface area contributed by atoms with Crippen molar-refractivity contribution >= 4 is 75.0 Å². The van der Waals surface area contributed by atoms with Crippen LogP contribution in [-0.4, -0.2) is 0 Å². The van der Waals surface area contributed by atoms with Crippen molar-refractivity contribution in [3.8, 4) is 22.3 Å². The SMILES string of the molecule is c1ccc(-c2c3ccccc3c(-c3cc4c5ccccc5sc4c4c3oc3ccccc34)c3ccccc23)cc1. The molecule has 0 atom stereocenters. The zero-order chi connectivity index (χ0) is 26.2. The monoisotopic (exact) mass is 526 g/mol. The summed E-state index contributed by atoms with van der Waals surface area (Å²) in [6, 6.07) is 48.1. The second kappa shape index (κ2) is 8.29. The maximum atomic E-state index is 6.76. The smallest absolute Gasteiger partial charge is 0.144 e. The Hall–Kier alpha value is -4.92. The molecule has 0 saturated carbocycles. The van der Waals surface area contributed by atoms with E-state index in [0.717, 1.165) is 16.7 Å². The van der Waals surface area contributed by atoms with Crippen LogP contribution < -0.4 is 0 Å². The normalized spacial score (nSPS) is 12.0. The fourth-order valence-electron chi connectivity index (χ4n) is 6.58. The number of hydrogen-bond donors (Lipinski definition) is 0. The van der Waals surface area contributed by atoms with Gasteiger partial charge in [0, 0.05) is 42.1 Å². The maximum absolute atomic E-state index is 6.76. The number of para-hydroxylation sites is 1. The number of furan rings is 1.